The van der Waals surface area contributed by atoms with E-state index in [1.807, 2.05) is 21.9 Å². The number of anilines is 2. The minimum absolute atomic E-state index is 0.0866. The molecule has 2 saturated heterocycles. The number of hydrogen-bond donors (Lipinski definition) is 2. The van der Waals surface area contributed by atoms with E-state index < -0.39 is 11.2 Å². The van der Waals surface area contributed by atoms with Crippen LogP contribution in [-0.2, 0) is 27.0 Å². The molecule has 0 unspecified atom stereocenters. The quantitative estimate of drug-likeness (QED) is 0.192. The van der Waals surface area contributed by atoms with E-state index in [1.54, 1.807) is 35.2 Å². The Morgan fingerprint density at radius 2 is 1.05 bits per heavy atom. The molecule has 4 aromatic rings. The van der Waals surface area contributed by atoms with E-state index in [0.717, 1.165) is 37.3 Å². The first-order chi connectivity index (χ1) is 28.3. The largest absolute Gasteiger partial charge is 0.475 e. The second kappa shape index (κ2) is 16.6. The van der Waals surface area contributed by atoms with Crippen LogP contribution in [0.4, 0.5) is 11.4 Å². The van der Waals surface area contributed by atoms with E-state index in [0.29, 0.717) is 57.2 Å². The van der Waals surface area contributed by atoms with Crippen LogP contribution in [0.2, 0.25) is 0 Å². The van der Waals surface area contributed by atoms with Crippen LogP contribution in [0.25, 0.3) is 0 Å². The Labute approximate surface area is 355 Å². The summed E-state index contributed by atoms with van der Waals surface area (Å²) in [4.78, 5) is 46.7. The topological polar surface area (TPSA) is 125 Å². The highest BCUT2D eigenvalue weighted by molar-refractivity contribution is 6.00. The fourth-order valence-electron chi connectivity index (χ4n) is 9.58. The molecule has 0 atom stereocenters. The molecule has 2 aromatic carbocycles. The van der Waals surface area contributed by atoms with Gasteiger partial charge in [-0.1, -0.05) is 77.9 Å². The molecule has 4 aliphatic rings. The van der Waals surface area contributed by atoms with Crippen molar-refractivity contribution in [1.82, 2.24) is 9.55 Å². The summed E-state index contributed by atoms with van der Waals surface area (Å²) in [5.74, 6) is 0.914. The van der Waals surface area contributed by atoms with Crippen molar-refractivity contribution in [2.45, 2.75) is 134 Å². The van der Waals surface area contributed by atoms with Gasteiger partial charge in [0.2, 0.25) is 17.7 Å². The van der Waals surface area contributed by atoms with Gasteiger partial charge in [-0.15, -0.1) is 0 Å². The third-order valence-corrected chi connectivity index (χ3v) is 13.9. The molecular formula is C50H64N4O6. The van der Waals surface area contributed by atoms with Crippen LogP contribution in [0.3, 0.4) is 0 Å². The Morgan fingerprint density at radius 1 is 0.583 bits per heavy atom. The summed E-state index contributed by atoms with van der Waals surface area (Å²) in [5.41, 5.74) is 1.98. The average Bonchev–Trinajstić information content (AvgIpc) is 3.72. The normalized spacial score (nSPS) is 27.0. The number of hydrogen-bond acceptors (Lipinski definition) is 7. The van der Waals surface area contributed by atoms with Crippen molar-refractivity contribution in [2.24, 2.45) is 10.8 Å². The summed E-state index contributed by atoms with van der Waals surface area (Å²) < 4.78 is 7.27. The maximum atomic E-state index is 13.4. The molecule has 2 amide bonds. The zero-order valence-corrected chi connectivity index (χ0v) is 36.5. The van der Waals surface area contributed by atoms with Crippen LogP contribution < -0.4 is 20.1 Å². The number of carbonyl (C=O) groups is 2. The lowest BCUT2D eigenvalue weighted by molar-refractivity contribution is -0.132. The molecule has 2 aliphatic heterocycles. The van der Waals surface area contributed by atoms with Crippen molar-refractivity contribution < 1.29 is 24.5 Å². The molecule has 4 fully saturated rings. The van der Waals surface area contributed by atoms with Gasteiger partial charge in [-0.05, 0) is 123 Å². The van der Waals surface area contributed by atoms with Gasteiger partial charge in [-0.3, -0.25) is 14.4 Å². The van der Waals surface area contributed by atoms with Crippen LogP contribution in [-0.4, -0.2) is 62.5 Å². The van der Waals surface area contributed by atoms with Crippen LogP contribution in [0.1, 0.15) is 117 Å². The molecule has 0 bridgehead atoms. The lowest BCUT2D eigenvalue weighted by Gasteiger charge is -2.41. The molecule has 2 aliphatic carbocycles. The van der Waals surface area contributed by atoms with Gasteiger partial charge in [0.1, 0.15) is 6.61 Å². The smallest absolute Gasteiger partial charge is 0.250 e. The minimum atomic E-state index is -0.932. The number of amides is 2. The van der Waals surface area contributed by atoms with Gasteiger partial charge in [0.15, 0.2) is 0 Å². The van der Waals surface area contributed by atoms with E-state index in [4.69, 9.17) is 4.74 Å². The Morgan fingerprint density at radius 3 is 1.48 bits per heavy atom. The lowest BCUT2D eigenvalue weighted by Crippen LogP contribution is -2.46. The van der Waals surface area contributed by atoms with Crippen LogP contribution in [0.15, 0.2) is 102 Å². The average molecular weight is 817 g/mol. The summed E-state index contributed by atoms with van der Waals surface area (Å²) in [6.07, 6.45) is 10.0. The van der Waals surface area contributed by atoms with E-state index in [1.165, 1.54) is 17.2 Å². The Hall–Kier alpha value is -4.80. The molecule has 10 heteroatoms. The molecule has 2 N–H and O–H groups in total. The first kappa shape index (κ1) is 43.3. The number of aromatic nitrogens is 2. The number of nitrogens with zero attached hydrogens (tertiary/aromatic N) is 4. The maximum absolute atomic E-state index is 13.4. The highest BCUT2D eigenvalue weighted by Gasteiger charge is 2.53. The monoisotopic (exact) mass is 816 g/mol. The summed E-state index contributed by atoms with van der Waals surface area (Å²) in [6, 6.07) is 27.2. The van der Waals surface area contributed by atoms with Crippen molar-refractivity contribution in [2.75, 3.05) is 29.5 Å². The third kappa shape index (κ3) is 9.25. The zero-order chi connectivity index (χ0) is 43.0. The SMILES string of the molecule is CC(C)(C)c1ccc(N2CCC3(CCC(O)(COc4ccccn4)CC3)C2=O)cc1.CC(C)(C)c1ccc(N2CCC3(CCC(O)(Cn4ccccc4=O)CC3)C2=O)cc1. The fraction of sp³-hybridized carbons (Fsp3) is 0.520. The van der Waals surface area contributed by atoms with Crippen molar-refractivity contribution in [3.8, 4) is 5.88 Å². The van der Waals surface area contributed by atoms with Crippen molar-refractivity contribution in [3.63, 3.8) is 0 Å². The van der Waals surface area contributed by atoms with Gasteiger partial charge >= 0.3 is 0 Å². The summed E-state index contributed by atoms with van der Waals surface area (Å²) in [6.45, 7) is 15.1. The highest BCUT2D eigenvalue weighted by Crippen LogP contribution is 2.50. The molecule has 2 spiro atoms. The van der Waals surface area contributed by atoms with Crippen molar-refractivity contribution in [3.05, 3.63) is 119 Å². The molecule has 4 heterocycles. The van der Waals surface area contributed by atoms with Gasteiger partial charge in [0, 0.05) is 49.0 Å². The lowest BCUT2D eigenvalue weighted by atomic mass is 9.67. The maximum Gasteiger partial charge on any atom is 0.250 e. The molecule has 8 rings (SSSR count). The van der Waals surface area contributed by atoms with E-state index >= 15 is 0 Å². The molecule has 320 valence electrons. The fourth-order valence-corrected chi connectivity index (χ4v) is 9.58. The zero-order valence-electron chi connectivity index (χ0n) is 36.5. The van der Waals surface area contributed by atoms with Gasteiger partial charge in [-0.2, -0.15) is 0 Å². The minimum Gasteiger partial charge on any atom is -0.475 e. The van der Waals surface area contributed by atoms with Gasteiger partial charge in [0.05, 0.1) is 28.6 Å². The first-order valence-corrected chi connectivity index (χ1v) is 21.8. The van der Waals surface area contributed by atoms with Gasteiger partial charge < -0.3 is 29.3 Å². The number of rotatable bonds is 7. The predicted molar refractivity (Wildman–Crippen MR) is 236 cm³/mol. The second-order valence-electron chi connectivity index (χ2n) is 20.1. The Bertz CT molecular complexity index is 2170. The van der Waals surface area contributed by atoms with E-state index in [-0.39, 0.29) is 52.2 Å². The standard InChI is InChI=1S/2C25H32N2O3/c1-23(2,3)19-7-9-20(10-8-19)27-17-15-24(22(27)28)11-13-25(29,14-12-24)18-30-21-6-4-5-16-26-21;1-23(2,3)19-7-9-20(10-8-19)27-17-15-24(22(27)29)11-13-25(30,14-12-24)18-26-16-5-4-6-21(26)28/h4-10,16,29H,11-15,17-18H2,1-3H3;4-10,16,30H,11-15,17-18H2,1-3H3. The molecule has 0 radical (unpaired) electrons. The molecule has 2 saturated carbocycles. The number of pyridine rings is 2. The molecular weight excluding hydrogens is 753 g/mol. The van der Waals surface area contributed by atoms with Crippen LogP contribution >= 0.6 is 0 Å². The van der Waals surface area contributed by atoms with Crippen molar-refractivity contribution >= 4 is 23.2 Å². The number of benzene rings is 2. The van der Waals surface area contributed by atoms with E-state index in [9.17, 15) is 24.6 Å². The number of aliphatic hydroxyl groups is 2. The van der Waals surface area contributed by atoms with Gasteiger partial charge in [0.25, 0.3) is 5.56 Å². The van der Waals surface area contributed by atoms with Crippen LogP contribution in [0.5, 0.6) is 5.88 Å². The Kier molecular flexibility index (Phi) is 12.0. The van der Waals surface area contributed by atoms with Crippen LogP contribution in [0, 0.1) is 10.8 Å². The summed E-state index contributed by atoms with van der Waals surface area (Å²) in [7, 11) is 0. The Balaban J connectivity index is 0.000000181. The van der Waals surface area contributed by atoms with Gasteiger partial charge in [-0.25, -0.2) is 4.98 Å². The number of carbonyl (C=O) groups excluding carboxylic acids is 2. The second-order valence-corrected chi connectivity index (χ2v) is 20.1. The summed E-state index contributed by atoms with van der Waals surface area (Å²) >= 11 is 0. The van der Waals surface area contributed by atoms with E-state index in [2.05, 4.69) is 95.1 Å². The highest BCUT2D eigenvalue weighted by atomic mass is 16.5. The molecule has 60 heavy (non-hydrogen) atoms. The third-order valence-electron chi connectivity index (χ3n) is 13.9. The molecule has 2 aromatic heterocycles. The molecule has 10 nitrogen and oxygen atoms in total. The summed E-state index contributed by atoms with van der Waals surface area (Å²) in [5, 5.41) is 22.1. The number of ether oxygens (including phenoxy) is 1. The predicted octanol–water partition coefficient (Wildman–Crippen LogP) is 8.36. The first-order valence-electron chi connectivity index (χ1n) is 21.8. The van der Waals surface area contributed by atoms with Crippen molar-refractivity contribution in [1.29, 1.82) is 0 Å².